The van der Waals surface area contributed by atoms with Gasteiger partial charge in [-0.15, -0.1) is 0 Å². The molecular formula is C8H6N2O. The Morgan fingerprint density at radius 3 is 3.36 bits per heavy atom. The van der Waals surface area contributed by atoms with E-state index in [-0.39, 0.29) is 5.56 Å². The molecule has 0 amide bonds. The molecule has 0 aliphatic carbocycles. The van der Waals surface area contributed by atoms with E-state index in [1.54, 1.807) is 12.1 Å². The van der Waals surface area contributed by atoms with Crippen LogP contribution in [0.2, 0.25) is 0 Å². The SMILES string of the molecule is [2H]c1ccc2nc[nH]c(=O)c2c1. The molecule has 1 aromatic carbocycles. The maximum Gasteiger partial charge on any atom is 0.258 e. The Balaban J connectivity index is 2.98. The summed E-state index contributed by atoms with van der Waals surface area (Å²) in [5, 5.41) is 0.463. The molecular weight excluding hydrogens is 140 g/mol. The lowest BCUT2D eigenvalue weighted by Gasteiger charge is -1.91. The van der Waals surface area contributed by atoms with Gasteiger partial charge in [-0.05, 0) is 12.1 Å². The van der Waals surface area contributed by atoms with Crippen LogP contribution in [0, 0.1) is 0 Å². The largest absolute Gasteiger partial charge is 0.313 e. The molecule has 11 heavy (non-hydrogen) atoms. The number of rotatable bonds is 0. The second kappa shape index (κ2) is 2.20. The minimum Gasteiger partial charge on any atom is -0.313 e. The Kier molecular flexibility index (Phi) is 1.01. The smallest absolute Gasteiger partial charge is 0.258 e. The maximum absolute atomic E-state index is 11.2. The van der Waals surface area contributed by atoms with Gasteiger partial charge in [0.25, 0.3) is 5.56 Å². The normalized spacial score (nSPS) is 11.5. The summed E-state index contributed by atoms with van der Waals surface area (Å²) in [7, 11) is 0. The summed E-state index contributed by atoms with van der Waals surface area (Å²) in [5.74, 6) is 0. The molecule has 3 heteroatoms. The fourth-order valence-electron chi connectivity index (χ4n) is 0.955. The summed E-state index contributed by atoms with van der Waals surface area (Å²) < 4.78 is 7.29. The van der Waals surface area contributed by atoms with Crippen molar-refractivity contribution < 1.29 is 1.37 Å². The molecule has 1 heterocycles. The monoisotopic (exact) mass is 147 g/mol. The summed E-state index contributed by atoms with van der Waals surface area (Å²) in [5.41, 5.74) is 0.420. The van der Waals surface area contributed by atoms with Crippen LogP contribution in [0.15, 0.2) is 35.4 Å². The third kappa shape index (κ3) is 0.902. The van der Waals surface area contributed by atoms with Crippen LogP contribution in [-0.2, 0) is 0 Å². The standard InChI is InChI=1S/C8H6N2O/c11-8-6-3-1-2-4-7(6)9-5-10-8/h1-5H,(H,9,10,11)/i1D. The van der Waals surface area contributed by atoms with E-state index in [1.165, 1.54) is 12.4 Å². The van der Waals surface area contributed by atoms with Crippen LogP contribution >= 0.6 is 0 Å². The van der Waals surface area contributed by atoms with Gasteiger partial charge in [-0.3, -0.25) is 4.79 Å². The number of H-pyrrole nitrogens is 1. The highest BCUT2D eigenvalue weighted by molar-refractivity contribution is 5.76. The molecule has 3 nitrogen and oxygen atoms in total. The highest BCUT2D eigenvalue weighted by Crippen LogP contribution is 2.02. The van der Waals surface area contributed by atoms with Crippen molar-refractivity contribution in [1.29, 1.82) is 0 Å². The Hall–Kier alpha value is -1.64. The minimum atomic E-state index is -0.200. The quantitative estimate of drug-likeness (QED) is 0.602. The molecule has 54 valence electrons. The van der Waals surface area contributed by atoms with E-state index in [4.69, 9.17) is 1.37 Å². The Morgan fingerprint density at radius 2 is 2.45 bits per heavy atom. The Bertz CT molecular complexity index is 478. The van der Waals surface area contributed by atoms with Crippen LogP contribution in [0.4, 0.5) is 0 Å². The maximum atomic E-state index is 11.2. The highest BCUT2D eigenvalue weighted by atomic mass is 16.1. The van der Waals surface area contributed by atoms with Crippen molar-refractivity contribution >= 4 is 10.9 Å². The van der Waals surface area contributed by atoms with Crippen LogP contribution in [0.25, 0.3) is 10.9 Å². The molecule has 1 aromatic heterocycles. The first kappa shape index (κ1) is 5.07. The van der Waals surface area contributed by atoms with Gasteiger partial charge in [0, 0.05) is 0 Å². The summed E-state index contributed by atoms with van der Waals surface area (Å²) in [6.07, 6.45) is 1.36. The van der Waals surface area contributed by atoms with E-state index in [1.807, 2.05) is 0 Å². The van der Waals surface area contributed by atoms with Gasteiger partial charge >= 0.3 is 0 Å². The minimum absolute atomic E-state index is 0.200. The van der Waals surface area contributed by atoms with Crippen molar-refractivity contribution in [2.24, 2.45) is 0 Å². The van der Waals surface area contributed by atoms with Crippen molar-refractivity contribution in [3.8, 4) is 0 Å². The van der Waals surface area contributed by atoms with Crippen LogP contribution in [0.3, 0.4) is 0 Å². The lowest BCUT2D eigenvalue weighted by Crippen LogP contribution is -2.05. The number of nitrogens with one attached hydrogen (secondary N) is 1. The van der Waals surface area contributed by atoms with Gasteiger partial charge in [0.15, 0.2) is 0 Å². The van der Waals surface area contributed by atoms with E-state index in [0.29, 0.717) is 16.9 Å². The van der Waals surface area contributed by atoms with E-state index in [9.17, 15) is 4.79 Å². The van der Waals surface area contributed by atoms with E-state index < -0.39 is 0 Å². The van der Waals surface area contributed by atoms with E-state index in [2.05, 4.69) is 9.97 Å². The lowest BCUT2D eigenvalue weighted by molar-refractivity contribution is 1.17. The number of hydrogen-bond donors (Lipinski definition) is 1. The summed E-state index contributed by atoms with van der Waals surface area (Å²) in [6.45, 7) is 0. The molecule has 0 fully saturated rings. The fourth-order valence-corrected chi connectivity index (χ4v) is 0.955. The molecule has 0 saturated heterocycles. The van der Waals surface area contributed by atoms with Crippen molar-refractivity contribution in [3.63, 3.8) is 0 Å². The van der Waals surface area contributed by atoms with Crippen LogP contribution in [-0.4, -0.2) is 9.97 Å². The lowest BCUT2D eigenvalue weighted by atomic mass is 10.2. The first-order valence-corrected chi connectivity index (χ1v) is 3.21. The average molecular weight is 147 g/mol. The third-order valence-corrected chi connectivity index (χ3v) is 1.48. The molecule has 0 spiro atoms. The topological polar surface area (TPSA) is 45.8 Å². The van der Waals surface area contributed by atoms with Gasteiger partial charge in [0.05, 0.1) is 18.6 Å². The molecule has 0 atom stereocenters. The molecule has 0 unspecified atom stereocenters. The van der Waals surface area contributed by atoms with Gasteiger partial charge in [-0.25, -0.2) is 4.98 Å². The van der Waals surface area contributed by atoms with Gasteiger partial charge in [-0.1, -0.05) is 12.1 Å². The number of fused-ring (bicyclic) bond motifs is 1. The fraction of sp³-hybridized carbons (Fsp3) is 0. The first-order chi connectivity index (χ1) is 5.77. The third-order valence-electron chi connectivity index (χ3n) is 1.48. The molecule has 0 aliphatic rings. The molecule has 0 aliphatic heterocycles. The molecule has 2 aromatic rings. The number of aromatic nitrogens is 2. The molecule has 0 radical (unpaired) electrons. The number of aromatic amines is 1. The van der Waals surface area contributed by atoms with Gasteiger partial charge < -0.3 is 4.98 Å². The average Bonchev–Trinajstić information content (AvgIpc) is 2.07. The van der Waals surface area contributed by atoms with Gasteiger partial charge in [0.2, 0.25) is 0 Å². The molecule has 0 bridgehead atoms. The zero-order chi connectivity index (χ0) is 8.55. The molecule has 0 saturated carbocycles. The second-order valence-corrected chi connectivity index (χ2v) is 2.17. The predicted octanol–water partition coefficient (Wildman–Crippen LogP) is 0.923. The van der Waals surface area contributed by atoms with Gasteiger partial charge in [0.1, 0.15) is 0 Å². The number of hydrogen-bond acceptors (Lipinski definition) is 2. The Labute approximate surface area is 64.1 Å². The summed E-state index contributed by atoms with van der Waals surface area (Å²) in [4.78, 5) is 17.5. The molecule has 1 N–H and O–H groups in total. The van der Waals surface area contributed by atoms with Crippen molar-refractivity contribution in [3.05, 3.63) is 40.9 Å². The zero-order valence-electron chi connectivity index (χ0n) is 6.66. The van der Waals surface area contributed by atoms with Crippen LogP contribution in [0.5, 0.6) is 0 Å². The van der Waals surface area contributed by atoms with Crippen LogP contribution < -0.4 is 5.56 Å². The van der Waals surface area contributed by atoms with E-state index in [0.717, 1.165) is 0 Å². The second-order valence-electron chi connectivity index (χ2n) is 2.17. The summed E-state index contributed by atoms with van der Waals surface area (Å²) >= 11 is 0. The highest BCUT2D eigenvalue weighted by Gasteiger charge is 1.94. The van der Waals surface area contributed by atoms with Gasteiger partial charge in [-0.2, -0.15) is 0 Å². The zero-order valence-corrected chi connectivity index (χ0v) is 5.66. The first-order valence-electron chi connectivity index (χ1n) is 3.71. The Morgan fingerprint density at radius 1 is 1.55 bits per heavy atom. The van der Waals surface area contributed by atoms with Crippen molar-refractivity contribution in [2.75, 3.05) is 0 Å². The predicted molar refractivity (Wildman–Crippen MR) is 42.4 cm³/mol. The van der Waals surface area contributed by atoms with Crippen LogP contribution in [0.1, 0.15) is 1.37 Å². The number of para-hydroxylation sites is 1. The van der Waals surface area contributed by atoms with Crippen molar-refractivity contribution in [2.45, 2.75) is 0 Å². The molecule has 2 rings (SSSR count). The number of nitrogens with zero attached hydrogens (tertiary/aromatic N) is 1. The van der Waals surface area contributed by atoms with Crippen molar-refractivity contribution in [1.82, 2.24) is 9.97 Å². The number of benzene rings is 1. The summed E-state index contributed by atoms with van der Waals surface area (Å²) in [6, 6.07) is 5.09. The van der Waals surface area contributed by atoms with E-state index >= 15 is 0 Å².